The smallest absolute Gasteiger partial charge is 0.179 e. The van der Waals surface area contributed by atoms with E-state index in [0.717, 1.165) is 16.6 Å². The first kappa shape index (κ1) is 8.57. The molecule has 0 unspecified atom stereocenters. The van der Waals surface area contributed by atoms with Crippen molar-refractivity contribution in [3.05, 3.63) is 30.1 Å². The average molecular weight is 186 g/mol. The molecule has 0 fully saturated rings. The van der Waals surface area contributed by atoms with Gasteiger partial charge in [0.15, 0.2) is 6.19 Å². The number of benzene rings is 1. The Kier molecular flexibility index (Phi) is 2.07. The maximum absolute atomic E-state index is 8.63. The van der Waals surface area contributed by atoms with Crippen molar-refractivity contribution in [1.29, 1.82) is 5.26 Å². The Bertz CT molecular complexity index is 480. The molecule has 1 heterocycles. The third-order valence-corrected chi connectivity index (χ3v) is 2.08. The van der Waals surface area contributed by atoms with Gasteiger partial charge in [0.2, 0.25) is 0 Å². The van der Waals surface area contributed by atoms with E-state index in [1.54, 1.807) is 18.3 Å². The van der Waals surface area contributed by atoms with Gasteiger partial charge in [0.25, 0.3) is 0 Å². The third-order valence-electron chi connectivity index (χ3n) is 2.08. The first-order valence-corrected chi connectivity index (χ1v) is 4.32. The molecule has 14 heavy (non-hydrogen) atoms. The third kappa shape index (κ3) is 1.52. The molecule has 2 aromatic rings. The molecule has 0 atom stereocenters. The highest BCUT2D eigenvalue weighted by Gasteiger charge is 2.00. The van der Waals surface area contributed by atoms with Crippen molar-refractivity contribution in [2.24, 2.45) is 0 Å². The molecular formula is C10H10N4. The average Bonchev–Trinajstić information content (AvgIpc) is 2.64. The van der Waals surface area contributed by atoms with Gasteiger partial charge in [-0.15, -0.1) is 0 Å². The number of aromatic nitrogens is 2. The van der Waals surface area contributed by atoms with Crippen LogP contribution in [0.25, 0.3) is 11.0 Å². The highest BCUT2D eigenvalue weighted by atomic mass is 15.1. The summed E-state index contributed by atoms with van der Waals surface area (Å²) in [5, 5.41) is 8.63. The van der Waals surface area contributed by atoms with Gasteiger partial charge < -0.3 is 9.88 Å². The van der Waals surface area contributed by atoms with Crippen LogP contribution in [0.4, 0.5) is 0 Å². The minimum absolute atomic E-state index is 0.630. The lowest BCUT2D eigenvalue weighted by Gasteiger charge is -2.07. The minimum Gasteiger partial charge on any atom is -0.345 e. The number of imidazole rings is 1. The number of nitriles is 1. The fourth-order valence-electron chi connectivity index (χ4n) is 1.39. The lowest BCUT2D eigenvalue weighted by Crippen LogP contribution is -2.09. The van der Waals surface area contributed by atoms with Gasteiger partial charge in [-0.2, -0.15) is 5.26 Å². The highest BCUT2D eigenvalue weighted by molar-refractivity contribution is 5.74. The summed E-state index contributed by atoms with van der Waals surface area (Å²) >= 11 is 0. The number of hydrogen-bond acceptors (Lipinski definition) is 3. The molecule has 0 aliphatic rings. The van der Waals surface area contributed by atoms with Crippen molar-refractivity contribution in [1.82, 2.24) is 14.9 Å². The maximum atomic E-state index is 8.63. The first-order chi connectivity index (χ1) is 6.79. The molecule has 70 valence electrons. The molecule has 0 saturated carbocycles. The Morgan fingerprint density at radius 1 is 1.57 bits per heavy atom. The molecule has 0 amide bonds. The van der Waals surface area contributed by atoms with Crippen molar-refractivity contribution in [2.75, 3.05) is 7.05 Å². The van der Waals surface area contributed by atoms with Crippen LogP contribution in [-0.2, 0) is 6.54 Å². The van der Waals surface area contributed by atoms with E-state index in [1.165, 1.54) is 0 Å². The highest BCUT2D eigenvalue weighted by Crippen LogP contribution is 2.12. The van der Waals surface area contributed by atoms with Gasteiger partial charge in [-0.1, -0.05) is 6.07 Å². The summed E-state index contributed by atoms with van der Waals surface area (Å²) in [6.45, 7) is 0.630. The van der Waals surface area contributed by atoms with Crippen LogP contribution in [-0.4, -0.2) is 21.9 Å². The van der Waals surface area contributed by atoms with E-state index in [1.807, 2.05) is 18.2 Å². The fourth-order valence-corrected chi connectivity index (χ4v) is 1.39. The molecule has 1 N–H and O–H groups in total. The molecule has 0 aliphatic heterocycles. The van der Waals surface area contributed by atoms with Crippen LogP contribution in [0.3, 0.4) is 0 Å². The van der Waals surface area contributed by atoms with E-state index in [4.69, 9.17) is 5.26 Å². The molecule has 0 aliphatic carbocycles. The van der Waals surface area contributed by atoms with Gasteiger partial charge >= 0.3 is 0 Å². The monoisotopic (exact) mass is 186 g/mol. The van der Waals surface area contributed by atoms with Crippen LogP contribution >= 0.6 is 0 Å². The Balaban J connectivity index is 2.31. The number of nitrogens with one attached hydrogen (secondary N) is 1. The van der Waals surface area contributed by atoms with Crippen LogP contribution in [0.1, 0.15) is 5.56 Å². The van der Waals surface area contributed by atoms with Crippen molar-refractivity contribution in [3.63, 3.8) is 0 Å². The molecule has 1 aromatic carbocycles. The van der Waals surface area contributed by atoms with E-state index in [9.17, 15) is 0 Å². The Morgan fingerprint density at radius 3 is 3.21 bits per heavy atom. The fraction of sp³-hybridized carbons (Fsp3) is 0.200. The summed E-state index contributed by atoms with van der Waals surface area (Å²) in [6.07, 6.45) is 3.73. The lowest BCUT2D eigenvalue weighted by atomic mass is 10.2. The molecule has 2 rings (SSSR count). The van der Waals surface area contributed by atoms with Crippen molar-refractivity contribution in [2.45, 2.75) is 6.54 Å². The van der Waals surface area contributed by atoms with Gasteiger partial charge in [-0.3, -0.25) is 0 Å². The molecule has 0 radical (unpaired) electrons. The molecule has 1 aromatic heterocycles. The molecule has 4 nitrogen and oxygen atoms in total. The van der Waals surface area contributed by atoms with Crippen LogP contribution in [0.2, 0.25) is 0 Å². The quantitative estimate of drug-likeness (QED) is 0.570. The molecule has 4 heteroatoms. The summed E-state index contributed by atoms with van der Waals surface area (Å²) in [7, 11) is 1.76. The van der Waals surface area contributed by atoms with E-state index < -0.39 is 0 Å². The van der Waals surface area contributed by atoms with Gasteiger partial charge in [0.1, 0.15) is 0 Å². The summed E-state index contributed by atoms with van der Waals surface area (Å²) < 4.78 is 0. The summed E-state index contributed by atoms with van der Waals surface area (Å²) in [5.41, 5.74) is 3.06. The van der Waals surface area contributed by atoms with Crippen molar-refractivity contribution >= 4 is 11.0 Å². The van der Waals surface area contributed by atoms with E-state index in [2.05, 4.69) is 16.2 Å². The summed E-state index contributed by atoms with van der Waals surface area (Å²) in [4.78, 5) is 8.74. The van der Waals surface area contributed by atoms with Crippen LogP contribution in [0.15, 0.2) is 24.5 Å². The number of aromatic amines is 1. The van der Waals surface area contributed by atoms with Crippen LogP contribution in [0.5, 0.6) is 0 Å². The Morgan fingerprint density at radius 2 is 2.43 bits per heavy atom. The maximum Gasteiger partial charge on any atom is 0.179 e. The second kappa shape index (κ2) is 3.38. The number of fused-ring (bicyclic) bond motifs is 1. The molecule has 0 bridgehead atoms. The Labute approximate surface area is 81.8 Å². The standard InChI is InChI=1S/C10H10N4/c1-14(6-11)5-8-2-3-9-10(4-8)13-7-12-9/h2-4,7H,5H2,1H3,(H,12,13). The van der Waals surface area contributed by atoms with Crippen molar-refractivity contribution < 1.29 is 0 Å². The number of rotatable bonds is 2. The molecule has 0 saturated heterocycles. The normalized spacial score (nSPS) is 10.0. The second-order valence-corrected chi connectivity index (χ2v) is 3.21. The number of nitrogens with zero attached hydrogens (tertiary/aromatic N) is 3. The largest absolute Gasteiger partial charge is 0.345 e. The molecule has 0 spiro atoms. The van der Waals surface area contributed by atoms with Crippen LogP contribution < -0.4 is 0 Å². The predicted molar refractivity (Wildman–Crippen MR) is 53.2 cm³/mol. The van der Waals surface area contributed by atoms with Gasteiger partial charge in [0.05, 0.1) is 23.9 Å². The van der Waals surface area contributed by atoms with E-state index >= 15 is 0 Å². The second-order valence-electron chi connectivity index (χ2n) is 3.21. The van der Waals surface area contributed by atoms with Gasteiger partial charge in [0, 0.05) is 7.05 Å². The zero-order chi connectivity index (χ0) is 9.97. The molecular weight excluding hydrogens is 176 g/mol. The van der Waals surface area contributed by atoms with Gasteiger partial charge in [-0.05, 0) is 17.7 Å². The zero-order valence-corrected chi connectivity index (χ0v) is 7.86. The number of hydrogen-bond donors (Lipinski definition) is 1. The summed E-state index contributed by atoms with van der Waals surface area (Å²) in [5.74, 6) is 0. The zero-order valence-electron chi connectivity index (χ0n) is 7.86. The van der Waals surface area contributed by atoms with E-state index in [-0.39, 0.29) is 0 Å². The Hall–Kier alpha value is -2.02. The number of H-pyrrole nitrogens is 1. The van der Waals surface area contributed by atoms with E-state index in [0.29, 0.717) is 6.54 Å². The minimum atomic E-state index is 0.630. The predicted octanol–water partition coefficient (Wildman–Crippen LogP) is 1.48. The van der Waals surface area contributed by atoms with Gasteiger partial charge in [-0.25, -0.2) is 4.98 Å². The van der Waals surface area contributed by atoms with Crippen LogP contribution in [0, 0.1) is 11.5 Å². The first-order valence-electron chi connectivity index (χ1n) is 4.32. The lowest BCUT2D eigenvalue weighted by molar-refractivity contribution is 0.470. The van der Waals surface area contributed by atoms with Crippen molar-refractivity contribution in [3.8, 4) is 6.19 Å². The topological polar surface area (TPSA) is 55.7 Å². The SMILES string of the molecule is CN(C#N)Cc1ccc2nc[nH]c2c1. The summed E-state index contributed by atoms with van der Waals surface area (Å²) in [6, 6.07) is 5.94.